The number of fused-ring (bicyclic) bond motifs is 2. The molecule has 0 atom stereocenters. The van der Waals surface area contributed by atoms with Gasteiger partial charge in [0.1, 0.15) is 0 Å². The molecule has 0 saturated heterocycles. The van der Waals surface area contributed by atoms with Gasteiger partial charge in [0.15, 0.2) is 5.16 Å². The maximum absolute atomic E-state index is 13.0. The number of aryl methyl sites for hydroxylation is 1. The van der Waals surface area contributed by atoms with E-state index in [1.807, 2.05) is 65.6 Å². The van der Waals surface area contributed by atoms with Crippen LogP contribution >= 0.6 is 11.8 Å². The summed E-state index contributed by atoms with van der Waals surface area (Å²) in [6, 6.07) is 26.3. The molecule has 5 heteroatoms. The van der Waals surface area contributed by atoms with E-state index in [9.17, 15) is 4.79 Å². The van der Waals surface area contributed by atoms with Crippen LogP contribution in [0.1, 0.15) is 12.0 Å². The number of amides is 1. The van der Waals surface area contributed by atoms with Crippen LogP contribution in [0.3, 0.4) is 0 Å². The molecule has 0 bridgehead atoms. The number of carbonyl (C=O) groups is 1. The zero-order chi connectivity index (χ0) is 20.3. The van der Waals surface area contributed by atoms with Crippen LogP contribution in [-0.4, -0.2) is 28.2 Å². The second-order valence-electron chi connectivity index (χ2n) is 7.30. The van der Waals surface area contributed by atoms with Crippen LogP contribution in [0.2, 0.25) is 0 Å². The summed E-state index contributed by atoms with van der Waals surface area (Å²) in [4.78, 5) is 24.4. The summed E-state index contributed by atoms with van der Waals surface area (Å²) in [6.07, 6.45) is 2.03. The molecule has 0 radical (unpaired) electrons. The van der Waals surface area contributed by atoms with Crippen molar-refractivity contribution in [1.82, 2.24) is 9.97 Å². The highest BCUT2D eigenvalue weighted by Gasteiger charge is 2.22. The van der Waals surface area contributed by atoms with Crippen LogP contribution in [0.4, 0.5) is 5.69 Å². The van der Waals surface area contributed by atoms with Gasteiger partial charge < -0.3 is 4.90 Å². The standard InChI is InChI=1S/C25H21N3OS/c29-23(28-16-8-12-18-9-4-7-15-22(18)28)17-30-25-26-21-14-6-5-13-20(21)24(27-25)19-10-2-1-3-11-19/h1-7,9-11,13-15H,8,12,16-17H2. The summed E-state index contributed by atoms with van der Waals surface area (Å²) in [5.74, 6) is 0.422. The van der Waals surface area contributed by atoms with Crippen molar-refractivity contribution in [1.29, 1.82) is 0 Å². The first kappa shape index (κ1) is 18.8. The second kappa shape index (κ2) is 8.28. The van der Waals surface area contributed by atoms with Gasteiger partial charge in [0.25, 0.3) is 0 Å². The van der Waals surface area contributed by atoms with Crippen LogP contribution in [0.5, 0.6) is 0 Å². The predicted molar refractivity (Wildman–Crippen MR) is 123 cm³/mol. The van der Waals surface area contributed by atoms with Crippen molar-refractivity contribution in [2.24, 2.45) is 0 Å². The predicted octanol–water partition coefficient (Wildman–Crippen LogP) is 5.37. The van der Waals surface area contributed by atoms with E-state index in [0.717, 1.165) is 47.2 Å². The van der Waals surface area contributed by atoms with Gasteiger partial charge in [-0.3, -0.25) is 4.79 Å². The van der Waals surface area contributed by atoms with E-state index in [1.165, 1.54) is 17.3 Å². The van der Waals surface area contributed by atoms with E-state index in [2.05, 4.69) is 18.2 Å². The minimum Gasteiger partial charge on any atom is -0.311 e. The summed E-state index contributed by atoms with van der Waals surface area (Å²) in [6.45, 7) is 0.768. The lowest BCUT2D eigenvalue weighted by Crippen LogP contribution is -2.36. The van der Waals surface area contributed by atoms with Gasteiger partial charge in [-0.05, 0) is 30.5 Å². The Labute approximate surface area is 180 Å². The molecule has 1 amide bonds. The van der Waals surface area contributed by atoms with E-state index < -0.39 is 0 Å². The Kier molecular flexibility index (Phi) is 5.20. The molecule has 4 aromatic rings. The number of aromatic nitrogens is 2. The summed E-state index contributed by atoms with van der Waals surface area (Å²) >= 11 is 1.41. The number of anilines is 1. The minimum absolute atomic E-state index is 0.102. The third kappa shape index (κ3) is 3.68. The van der Waals surface area contributed by atoms with Crippen LogP contribution < -0.4 is 4.90 Å². The Morgan fingerprint density at radius 1 is 0.900 bits per heavy atom. The number of hydrogen-bond donors (Lipinski definition) is 0. The summed E-state index contributed by atoms with van der Waals surface area (Å²) in [7, 11) is 0. The number of carbonyl (C=O) groups excluding carboxylic acids is 1. The highest BCUT2D eigenvalue weighted by atomic mass is 32.2. The topological polar surface area (TPSA) is 46.1 Å². The summed E-state index contributed by atoms with van der Waals surface area (Å²) in [5, 5.41) is 1.65. The quantitative estimate of drug-likeness (QED) is 0.335. The lowest BCUT2D eigenvalue weighted by molar-refractivity contribution is -0.116. The Morgan fingerprint density at radius 3 is 2.57 bits per heavy atom. The van der Waals surface area contributed by atoms with Gasteiger partial charge in [0.05, 0.1) is 17.0 Å². The van der Waals surface area contributed by atoms with E-state index in [0.29, 0.717) is 10.9 Å². The van der Waals surface area contributed by atoms with Gasteiger partial charge in [-0.25, -0.2) is 9.97 Å². The van der Waals surface area contributed by atoms with E-state index in [1.54, 1.807) is 0 Å². The number of hydrogen-bond acceptors (Lipinski definition) is 4. The zero-order valence-electron chi connectivity index (χ0n) is 16.5. The first-order valence-electron chi connectivity index (χ1n) is 10.1. The molecule has 0 aliphatic carbocycles. The highest BCUT2D eigenvalue weighted by molar-refractivity contribution is 7.99. The second-order valence-corrected chi connectivity index (χ2v) is 8.25. The fraction of sp³-hybridized carbons (Fsp3) is 0.160. The zero-order valence-corrected chi connectivity index (χ0v) is 17.3. The van der Waals surface area contributed by atoms with Gasteiger partial charge in [-0.1, -0.05) is 78.5 Å². The van der Waals surface area contributed by atoms with Gasteiger partial charge in [0, 0.05) is 23.2 Å². The average molecular weight is 412 g/mol. The Balaban J connectivity index is 1.42. The van der Waals surface area contributed by atoms with Crippen LogP contribution in [0.15, 0.2) is 84.0 Å². The van der Waals surface area contributed by atoms with Crippen molar-refractivity contribution >= 4 is 34.3 Å². The molecule has 0 unspecified atom stereocenters. The van der Waals surface area contributed by atoms with Crippen molar-refractivity contribution in [3.63, 3.8) is 0 Å². The van der Waals surface area contributed by atoms with Gasteiger partial charge >= 0.3 is 0 Å². The third-order valence-corrected chi connectivity index (χ3v) is 6.20. The third-order valence-electron chi connectivity index (χ3n) is 5.37. The van der Waals surface area contributed by atoms with E-state index in [-0.39, 0.29) is 5.91 Å². The molecule has 1 aliphatic rings. The Morgan fingerprint density at radius 2 is 1.67 bits per heavy atom. The average Bonchev–Trinajstić information content (AvgIpc) is 2.82. The molecule has 0 fully saturated rings. The summed E-state index contributed by atoms with van der Waals surface area (Å²) < 4.78 is 0. The first-order valence-corrected chi connectivity index (χ1v) is 11.1. The molecule has 148 valence electrons. The molecule has 4 nitrogen and oxygen atoms in total. The number of thioether (sulfide) groups is 1. The number of rotatable bonds is 4. The van der Waals surface area contributed by atoms with E-state index >= 15 is 0 Å². The molecule has 0 saturated carbocycles. The van der Waals surface area contributed by atoms with Crippen molar-refractivity contribution in [2.45, 2.75) is 18.0 Å². The van der Waals surface area contributed by atoms with Gasteiger partial charge in [-0.2, -0.15) is 0 Å². The lowest BCUT2D eigenvalue weighted by atomic mass is 10.0. The fourth-order valence-electron chi connectivity index (χ4n) is 3.93. The number of benzene rings is 3. The van der Waals surface area contributed by atoms with Crippen molar-refractivity contribution in [2.75, 3.05) is 17.2 Å². The highest BCUT2D eigenvalue weighted by Crippen LogP contribution is 2.30. The smallest absolute Gasteiger partial charge is 0.237 e. The fourth-order valence-corrected chi connectivity index (χ4v) is 4.66. The SMILES string of the molecule is O=C(CSc1nc(-c2ccccc2)c2ccccc2n1)N1CCCc2ccccc21. The monoisotopic (exact) mass is 411 g/mol. The van der Waals surface area contributed by atoms with Crippen molar-refractivity contribution < 1.29 is 4.79 Å². The normalized spacial score (nSPS) is 13.3. The van der Waals surface area contributed by atoms with Gasteiger partial charge in [-0.15, -0.1) is 0 Å². The number of para-hydroxylation sites is 2. The van der Waals surface area contributed by atoms with Crippen LogP contribution in [0, 0.1) is 0 Å². The summed E-state index contributed by atoms with van der Waals surface area (Å²) in [5.41, 5.74) is 5.13. The van der Waals surface area contributed by atoms with Crippen molar-refractivity contribution in [3.05, 3.63) is 84.4 Å². The first-order chi connectivity index (χ1) is 14.8. The maximum atomic E-state index is 13.0. The minimum atomic E-state index is 0.102. The molecule has 1 aliphatic heterocycles. The maximum Gasteiger partial charge on any atom is 0.237 e. The molecular formula is C25H21N3OS. The van der Waals surface area contributed by atoms with Crippen LogP contribution in [0.25, 0.3) is 22.2 Å². The molecule has 2 heterocycles. The molecular weight excluding hydrogens is 390 g/mol. The lowest BCUT2D eigenvalue weighted by Gasteiger charge is -2.29. The van der Waals surface area contributed by atoms with Crippen LogP contribution in [-0.2, 0) is 11.2 Å². The van der Waals surface area contributed by atoms with Gasteiger partial charge in [0.2, 0.25) is 5.91 Å². The number of nitrogens with zero attached hydrogens (tertiary/aromatic N) is 3. The molecule has 0 spiro atoms. The Hall–Kier alpha value is -3.18. The molecule has 30 heavy (non-hydrogen) atoms. The Bertz CT molecular complexity index is 1210. The molecule has 5 rings (SSSR count). The van der Waals surface area contributed by atoms with Crippen molar-refractivity contribution in [3.8, 4) is 11.3 Å². The molecule has 3 aromatic carbocycles. The largest absolute Gasteiger partial charge is 0.311 e. The molecule has 0 N–H and O–H groups in total. The molecule has 1 aromatic heterocycles. The van der Waals surface area contributed by atoms with E-state index in [4.69, 9.17) is 9.97 Å².